The monoisotopic (exact) mass is 317 g/mol. The Labute approximate surface area is 133 Å². The number of hydrogen-bond donors (Lipinski definition) is 2. The average molecular weight is 318 g/mol. The Kier molecular flexibility index (Phi) is 6.94. The van der Waals surface area contributed by atoms with Crippen LogP contribution in [0.25, 0.3) is 0 Å². The zero-order valence-electron chi connectivity index (χ0n) is 13.0. The van der Waals surface area contributed by atoms with Crippen molar-refractivity contribution in [2.75, 3.05) is 19.6 Å². The summed E-state index contributed by atoms with van der Waals surface area (Å²) >= 11 is 0. The van der Waals surface area contributed by atoms with Crippen LogP contribution in [0.2, 0.25) is 0 Å². The first kappa shape index (κ1) is 18.2. The van der Waals surface area contributed by atoms with Gasteiger partial charge in [-0.05, 0) is 43.4 Å². The quantitative estimate of drug-likeness (QED) is 0.705. The topological polar surface area (TPSA) is 75.4 Å². The van der Waals surface area contributed by atoms with Crippen molar-refractivity contribution in [2.45, 2.75) is 45.6 Å². The van der Waals surface area contributed by atoms with Crippen LogP contribution in [-0.4, -0.2) is 42.4 Å². The van der Waals surface area contributed by atoms with Crippen molar-refractivity contribution in [1.82, 2.24) is 10.2 Å². The zero-order chi connectivity index (χ0) is 14.7. The Bertz CT molecular complexity index is 354. The van der Waals surface area contributed by atoms with Crippen LogP contribution >= 0.6 is 12.4 Å². The van der Waals surface area contributed by atoms with E-state index < -0.39 is 6.04 Å². The van der Waals surface area contributed by atoms with Crippen LogP contribution in [-0.2, 0) is 9.59 Å². The summed E-state index contributed by atoms with van der Waals surface area (Å²) in [6.07, 6.45) is 4.94. The maximum absolute atomic E-state index is 12.2. The Balaban J connectivity index is 0.00000220. The summed E-state index contributed by atoms with van der Waals surface area (Å²) in [5, 5.41) is 2.68. The van der Waals surface area contributed by atoms with Crippen molar-refractivity contribution in [3.05, 3.63) is 0 Å². The first-order valence-electron chi connectivity index (χ1n) is 7.78. The van der Waals surface area contributed by atoms with E-state index in [0.29, 0.717) is 11.8 Å². The van der Waals surface area contributed by atoms with Gasteiger partial charge in [0.15, 0.2) is 0 Å². The number of carbonyl (C=O) groups is 2. The lowest BCUT2D eigenvalue weighted by atomic mass is 10.1. The molecule has 122 valence electrons. The molecule has 0 aromatic carbocycles. The molecule has 0 aromatic heterocycles. The van der Waals surface area contributed by atoms with Crippen molar-refractivity contribution in [3.63, 3.8) is 0 Å². The standard InChI is InChI=1S/C15H27N3O2.ClH/c1-10(2)14(16)15(20)17-7-13(19)18(8-11-3-4-11)9-12-5-6-12;/h10-12,14H,3-9,16H2,1-2H3,(H,17,20);1H/t14-;/m0./s1. The van der Waals surface area contributed by atoms with Gasteiger partial charge in [0.05, 0.1) is 12.6 Å². The number of amides is 2. The predicted octanol–water partition coefficient (Wildman–Crippen LogP) is 1.16. The van der Waals surface area contributed by atoms with E-state index in [1.165, 1.54) is 25.7 Å². The Morgan fingerprint density at radius 2 is 1.62 bits per heavy atom. The van der Waals surface area contributed by atoms with E-state index >= 15 is 0 Å². The van der Waals surface area contributed by atoms with E-state index in [2.05, 4.69) is 5.32 Å². The lowest BCUT2D eigenvalue weighted by Gasteiger charge is -2.23. The lowest BCUT2D eigenvalue weighted by molar-refractivity contribution is -0.133. The highest BCUT2D eigenvalue weighted by atomic mass is 35.5. The van der Waals surface area contributed by atoms with Crippen molar-refractivity contribution >= 4 is 24.2 Å². The number of nitrogens with zero attached hydrogens (tertiary/aromatic N) is 1. The van der Waals surface area contributed by atoms with Crippen LogP contribution in [0.5, 0.6) is 0 Å². The Morgan fingerprint density at radius 3 is 2.00 bits per heavy atom. The fourth-order valence-electron chi connectivity index (χ4n) is 2.20. The molecule has 0 spiro atoms. The van der Waals surface area contributed by atoms with Crippen LogP contribution in [0, 0.1) is 17.8 Å². The molecule has 2 saturated carbocycles. The minimum atomic E-state index is -0.539. The van der Waals surface area contributed by atoms with E-state index in [1.54, 1.807) is 0 Å². The molecule has 2 aliphatic rings. The first-order valence-corrected chi connectivity index (χ1v) is 7.78. The molecule has 3 N–H and O–H groups in total. The van der Waals surface area contributed by atoms with E-state index in [9.17, 15) is 9.59 Å². The van der Waals surface area contributed by atoms with Gasteiger partial charge in [-0.15, -0.1) is 12.4 Å². The van der Waals surface area contributed by atoms with Gasteiger partial charge in [0.2, 0.25) is 11.8 Å². The molecule has 0 unspecified atom stereocenters. The highest BCUT2D eigenvalue weighted by Crippen LogP contribution is 2.33. The van der Waals surface area contributed by atoms with E-state index in [0.717, 1.165) is 13.1 Å². The van der Waals surface area contributed by atoms with Crippen LogP contribution < -0.4 is 11.1 Å². The number of halogens is 1. The normalized spacial score (nSPS) is 18.9. The average Bonchev–Trinajstić information content (AvgIpc) is 3.28. The summed E-state index contributed by atoms with van der Waals surface area (Å²) in [5.74, 6) is 1.26. The van der Waals surface area contributed by atoms with Crippen molar-refractivity contribution in [3.8, 4) is 0 Å². The molecule has 2 aliphatic carbocycles. The molecule has 2 fully saturated rings. The molecule has 2 amide bonds. The van der Waals surface area contributed by atoms with Crippen LogP contribution in [0.3, 0.4) is 0 Å². The molecular weight excluding hydrogens is 290 g/mol. The number of nitrogens with one attached hydrogen (secondary N) is 1. The molecule has 5 nitrogen and oxygen atoms in total. The third kappa shape index (κ3) is 6.22. The second-order valence-electron chi connectivity index (χ2n) is 6.67. The Hall–Kier alpha value is -0.810. The number of hydrogen-bond acceptors (Lipinski definition) is 3. The third-order valence-corrected chi connectivity index (χ3v) is 4.14. The molecule has 0 saturated heterocycles. The van der Waals surface area contributed by atoms with Gasteiger partial charge in [0.1, 0.15) is 0 Å². The van der Waals surface area contributed by atoms with E-state index in [4.69, 9.17) is 5.73 Å². The van der Waals surface area contributed by atoms with E-state index in [1.807, 2.05) is 18.7 Å². The molecule has 0 heterocycles. The molecule has 2 rings (SSSR count). The van der Waals surface area contributed by atoms with Gasteiger partial charge in [-0.3, -0.25) is 9.59 Å². The van der Waals surface area contributed by atoms with E-state index in [-0.39, 0.29) is 36.7 Å². The molecule has 6 heteroatoms. The largest absolute Gasteiger partial charge is 0.346 e. The highest BCUT2D eigenvalue weighted by molar-refractivity contribution is 5.87. The van der Waals surface area contributed by atoms with Crippen molar-refractivity contribution in [1.29, 1.82) is 0 Å². The lowest BCUT2D eigenvalue weighted by Crippen LogP contribution is -2.48. The van der Waals surface area contributed by atoms with Gasteiger partial charge < -0.3 is 16.0 Å². The van der Waals surface area contributed by atoms with Gasteiger partial charge in [-0.25, -0.2) is 0 Å². The fourth-order valence-corrected chi connectivity index (χ4v) is 2.20. The number of nitrogens with two attached hydrogens (primary N) is 1. The second kappa shape index (κ2) is 7.99. The maximum Gasteiger partial charge on any atom is 0.241 e. The minimum Gasteiger partial charge on any atom is -0.346 e. The summed E-state index contributed by atoms with van der Waals surface area (Å²) in [6.45, 7) is 5.61. The van der Waals surface area contributed by atoms with Gasteiger partial charge in [-0.2, -0.15) is 0 Å². The predicted molar refractivity (Wildman–Crippen MR) is 85.1 cm³/mol. The smallest absolute Gasteiger partial charge is 0.241 e. The minimum absolute atomic E-state index is 0. The molecule has 0 bridgehead atoms. The van der Waals surface area contributed by atoms with Crippen LogP contribution in [0.1, 0.15) is 39.5 Å². The molecule has 0 radical (unpaired) electrons. The molecule has 0 aromatic rings. The van der Waals surface area contributed by atoms with Crippen molar-refractivity contribution in [2.24, 2.45) is 23.5 Å². The van der Waals surface area contributed by atoms with Crippen LogP contribution in [0.4, 0.5) is 0 Å². The summed E-state index contributed by atoms with van der Waals surface area (Å²) in [5.41, 5.74) is 5.77. The van der Waals surface area contributed by atoms with Gasteiger partial charge >= 0.3 is 0 Å². The number of carbonyl (C=O) groups excluding carboxylic acids is 2. The van der Waals surface area contributed by atoms with Crippen LogP contribution in [0.15, 0.2) is 0 Å². The van der Waals surface area contributed by atoms with Gasteiger partial charge in [0, 0.05) is 13.1 Å². The summed E-state index contributed by atoms with van der Waals surface area (Å²) in [4.78, 5) is 26.0. The Morgan fingerprint density at radius 1 is 1.14 bits per heavy atom. The maximum atomic E-state index is 12.2. The third-order valence-electron chi connectivity index (χ3n) is 4.14. The zero-order valence-corrected chi connectivity index (χ0v) is 13.8. The summed E-state index contributed by atoms with van der Waals surface area (Å²) in [6, 6.07) is -0.539. The fraction of sp³-hybridized carbons (Fsp3) is 0.867. The molecular formula is C15H28ClN3O2. The highest BCUT2D eigenvalue weighted by Gasteiger charge is 2.31. The second-order valence-corrected chi connectivity index (χ2v) is 6.67. The molecule has 21 heavy (non-hydrogen) atoms. The van der Waals surface area contributed by atoms with Gasteiger partial charge in [-0.1, -0.05) is 13.8 Å². The summed E-state index contributed by atoms with van der Waals surface area (Å²) < 4.78 is 0. The van der Waals surface area contributed by atoms with Crippen molar-refractivity contribution < 1.29 is 9.59 Å². The molecule has 0 aliphatic heterocycles. The first-order chi connectivity index (χ1) is 9.47. The van der Waals surface area contributed by atoms with Gasteiger partial charge in [0.25, 0.3) is 0 Å². The summed E-state index contributed by atoms with van der Waals surface area (Å²) in [7, 11) is 0. The number of rotatable bonds is 8. The molecule has 1 atom stereocenters. The SMILES string of the molecule is CC(C)[C@H](N)C(=O)NCC(=O)N(CC1CC1)CC1CC1.Cl.